The molecule has 1 aromatic carbocycles. The van der Waals surface area contributed by atoms with Crippen molar-refractivity contribution < 1.29 is 4.74 Å². The van der Waals surface area contributed by atoms with Crippen molar-refractivity contribution in [3.05, 3.63) is 35.4 Å². The highest BCUT2D eigenvalue weighted by Crippen LogP contribution is 2.38. The molecule has 2 nitrogen and oxygen atoms in total. The fourth-order valence-electron chi connectivity index (χ4n) is 3.39. The molecule has 3 unspecified atom stereocenters. The van der Waals surface area contributed by atoms with Gasteiger partial charge in [0.1, 0.15) is 0 Å². The van der Waals surface area contributed by atoms with E-state index < -0.39 is 0 Å². The van der Waals surface area contributed by atoms with Gasteiger partial charge >= 0.3 is 0 Å². The van der Waals surface area contributed by atoms with E-state index >= 15 is 0 Å². The van der Waals surface area contributed by atoms with Gasteiger partial charge in [0.2, 0.25) is 0 Å². The smallest absolute Gasteiger partial charge is 0.0774 e. The van der Waals surface area contributed by atoms with Gasteiger partial charge in [-0.05, 0) is 56.7 Å². The summed E-state index contributed by atoms with van der Waals surface area (Å²) in [5.41, 5.74) is 2.92. The predicted molar refractivity (Wildman–Crippen MR) is 78.4 cm³/mol. The van der Waals surface area contributed by atoms with Gasteiger partial charge < -0.3 is 10.1 Å². The van der Waals surface area contributed by atoms with Gasteiger partial charge in [-0.25, -0.2) is 0 Å². The largest absolute Gasteiger partial charge is 0.373 e. The van der Waals surface area contributed by atoms with Crippen LogP contribution in [0.2, 0.25) is 0 Å². The van der Waals surface area contributed by atoms with Gasteiger partial charge in [0.15, 0.2) is 0 Å². The third kappa shape index (κ3) is 2.70. The maximum Gasteiger partial charge on any atom is 0.0774 e. The van der Waals surface area contributed by atoms with Crippen LogP contribution in [0.25, 0.3) is 0 Å². The van der Waals surface area contributed by atoms with Crippen LogP contribution in [0.5, 0.6) is 0 Å². The first-order chi connectivity index (χ1) is 9.28. The maximum atomic E-state index is 6.05. The SMILES string of the molecule is CNC(c1cccc(C2CCC2)c1)C1CCC(C)O1. The number of hydrogen-bond acceptors (Lipinski definition) is 2. The predicted octanol–water partition coefficient (Wildman–Crippen LogP) is 3.78. The van der Waals surface area contributed by atoms with Crippen LogP contribution in [0.3, 0.4) is 0 Å². The summed E-state index contributed by atoms with van der Waals surface area (Å²) in [6.07, 6.45) is 7.22. The Morgan fingerprint density at radius 2 is 2.05 bits per heavy atom. The van der Waals surface area contributed by atoms with E-state index in [9.17, 15) is 0 Å². The van der Waals surface area contributed by atoms with E-state index in [0.717, 1.165) is 5.92 Å². The Hall–Kier alpha value is -0.860. The first-order valence-electron chi connectivity index (χ1n) is 7.70. The Kier molecular flexibility index (Phi) is 3.90. The highest BCUT2D eigenvalue weighted by Gasteiger charge is 2.30. The summed E-state index contributed by atoms with van der Waals surface area (Å²) in [6.45, 7) is 2.18. The second kappa shape index (κ2) is 5.64. The summed E-state index contributed by atoms with van der Waals surface area (Å²) >= 11 is 0. The molecule has 1 heterocycles. The lowest BCUT2D eigenvalue weighted by molar-refractivity contribution is 0.0333. The molecule has 2 fully saturated rings. The Morgan fingerprint density at radius 3 is 2.63 bits per heavy atom. The van der Waals surface area contributed by atoms with Crippen molar-refractivity contribution in [3.63, 3.8) is 0 Å². The molecule has 2 heteroatoms. The molecule has 1 aliphatic carbocycles. The maximum absolute atomic E-state index is 6.05. The Labute approximate surface area is 116 Å². The first-order valence-corrected chi connectivity index (χ1v) is 7.70. The monoisotopic (exact) mass is 259 g/mol. The fourth-order valence-corrected chi connectivity index (χ4v) is 3.39. The number of hydrogen-bond donors (Lipinski definition) is 1. The van der Waals surface area contributed by atoms with E-state index in [-0.39, 0.29) is 0 Å². The van der Waals surface area contributed by atoms with Crippen LogP contribution in [0, 0.1) is 0 Å². The third-order valence-electron chi connectivity index (χ3n) is 4.79. The number of rotatable bonds is 4. The first kappa shape index (κ1) is 13.1. The molecule has 19 heavy (non-hydrogen) atoms. The van der Waals surface area contributed by atoms with Crippen LogP contribution >= 0.6 is 0 Å². The quantitative estimate of drug-likeness (QED) is 0.888. The number of nitrogens with one attached hydrogen (secondary N) is 1. The van der Waals surface area contributed by atoms with Gasteiger partial charge in [0, 0.05) is 0 Å². The van der Waals surface area contributed by atoms with Crippen molar-refractivity contribution in [1.29, 1.82) is 0 Å². The molecule has 0 amide bonds. The minimum absolute atomic E-state index is 0.330. The molecule has 1 aliphatic heterocycles. The summed E-state index contributed by atoms with van der Waals surface area (Å²) in [6, 6.07) is 9.49. The zero-order valence-electron chi connectivity index (χ0n) is 12.1. The van der Waals surface area contributed by atoms with E-state index in [2.05, 4.69) is 36.5 Å². The Morgan fingerprint density at radius 1 is 1.21 bits per heavy atom. The van der Waals surface area contributed by atoms with Crippen LogP contribution in [0.15, 0.2) is 24.3 Å². The summed E-state index contributed by atoms with van der Waals surface area (Å²) in [5.74, 6) is 0.806. The molecular weight excluding hydrogens is 234 g/mol. The molecule has 3 atom stereocenters. The van der Waals surface area contributed by atoms with Crippen molar-refractivity contribution in [1.82, 2.24) is 5.32 Å². The highest BCUT2D eigenvalue weighted by atomic mass is 16.5. The van der Waals surface area contributed by atoms with Crippen LogP contribution in [-0.2, 0) is 4.74 Å². The fraction of sp³-hybridized carbons (Fsp3) is 0.647. The number of likely N-dealkylation sites (N-methyl/N-ethyl adjacent to an activating group) is 1. The van der Waals surface area contributed by atoms with Gasteiger partial charge in [-0.15, -0.1) is 0 Å². The summed E-state index contributed by atoms with van der Waals surface area (Å²) in [7, 11) is 2.05. The standard InChI is InChI=1S/C17H25NO/c1-12-9-10-16(19-12)17(18-2)15-8-4-7-14(11-15)13-5-3-6-13/h4,7-8,11-13,16-18H,3,5-6,9-10H2,1-2H3. The lowest BCUT2D eigenvalue weighted by Gasteiger charge is -2.28. The van der Waals surface area contributed by atoms with Crippen LogP contribution in [0.1, 0.15) is 62.1 Å². The molecule has 3 rings (SSSR count). The molecule has 0 spiro atoms. The molecule has 1 saturated heterocycles. The van der Waals surface area contributed by atoms with E-state index in [1.807, 2.05) is 7.05 Å². The Bertz CT molecular complexity index is 427. The third-order valence-corrected chi connectivity index (χ3v) is 4.79. The second-order valence-corrected chi connectivity index (χ2v) is 6.13. The van der Waals surface area contributed by atoms with E-state index in [0.29, 0.717) is 18.2 Å². The van der Waals surface area contributed by atoms with E-state index in [4.69, 9.17) is 4.74 Å². The molecule has 1 saturated carbocycles. The minimum atomic E-state index is 0.330. The Balaban J connectivity index is 1.78. The molecule has 104 valence electrons. The van der Waals surface area contributed by atoms with Gasteiger partial charge in [-0.3, -0.25) is 0 Å². The van der Waals surface area contributed by atoms with E-state index in [1.54, 1.807) is 0 Å². The van der Waals surface area contributed by atoms with Crippen molar-refractivity contribution >= 4 is 0 Å². The number of ether oxygens (including phenoxy) is 1. The molecular formula is C17H25NO. The van der Waals surface area contributed by atoms with Crippen molar-refractivity contribution in [2.45, 2.75) is 63.2 Å². The summed E-state index contributed by atoms with van der Waals surface area (Å²) < 4.78 is 6.05. The molecule has 2 aliphatic rings. The molecule has 0 radical (unpaired) electrons. The molecule has 1 aromatic rings. The zero-order valence-corrected chi connectivity index (χ0v) is 12.1. The molecule has 0 bridgehead atoms. The highest BCUT2D eigenvalue weighted by molar-refractivity contribution is 5.30. The average molecular weight is 259 g/mol. The van der Waals surface area contributed by atoms with Crippen LogP contribution in [0.4, 0.5) is 0 Å². The van der Waals surface area contributed by atoms with Crippen LogP contribution in [-0.4, -0.2) is 19.3 Å². The summed E-state index contributed by atoms with van der Waals surface area (Å²) in [5, 5.41) is 3.46. The zero-order chi connectivity index (χ0) is 13.2. The van der Waals surface area contributed by atoms with Crippen molar-refractivity contribution in [2.75, 3.05) is 7.05 Å². The van der Waals surface area contributed by atoms with Crippen molar-refractivity contribution in [2.24, 2.45) is 0 Å². The van der Waals surface area contributed by atoms with Crippen LogP contribution < -0.4 is 5.32 Å². The van der Waals surface area contributed by atoms with Gasteiger partial charge in [0.25, 0.3) is 0 Å². The van der Waals surface area contributed by atoms with Gasteiger partial charge in [-0.2, -0.15) is 0 Å². The van der Waals surface area contributed by atoms with Gasteiger partial charge in [0.05, 0.1) is 18.2 Å². The number of benzene rings is 1. The lowest BCUT2D eigenvalue weighted by Crippen LogP contribution is -2.29. The molecule has 0 aromatic heterocycles. The van der Waals surface area contributed by atoms with Crippen molar-refractivity contribution in [3.8, 4) is 0 Å². The topological polar surface area (TPSA) is 21.3 Å². The summed E-state index contributed by atoms with van der Waals surface area (Å²) in [4.78, 5) is 0. The minimum Gasteiger partial charge on any atom is -0.373 e. The van der Waals surface area contributed by atoms with E-state index in [1.165, 1.54) is 43.2 Å². The second-order valence-electron chi connectivity index (χ2n) is 6.13. The normalized spacial score (nSPS) is 29.2. The molecule has 1 N–H and O–H groups in total. The lowest BCUT2D eigenvalue weighted by atomic mass is 9.79. The average Bonchev–Trinajstić information content (AvgIpc) is 2.75. The van der Waals surface area contributed by atoms with Gasteiger partial charge in [-0.1, -0.05) is 30.7 Å².